The fourth-order valence-corrected chi connectivity index (χ4v) is 2.51. The lowest BCUT2D eigenvalue weighted by Gasteiger charge is -2.31. The number of carbonyl (C=O) groups excluding carboxylic acids is 1. The number of aromatic nitrogens is 1. The molecule has 0 radical (unpaired) electrons. The quantitative estimate of drug-likeness (QED) is 0.849. The van der Waals surface area contributed by atoms with Crippen molar-refractivity contribution in [1.29, 1.82) is 0 Å². The van der Waals surface area contributed by atoms with Crippen LogP contribution >= 0.6 is 0 Å². The minimum absolute atomic E-state index is 0.238. The van der Waals surface area contributed by atoms with Gasteiger partial charge in [-0.1, -0.05) is 6.07 Å². The Bertz CT molecular complexity index is 397. The molecule has 1 fully saturated rings. The highest BCUT2D eigenvalue weighted by Gasteiger charge is 2.23. The van der Waals surface area contributed by atoms with Gasteiger partial charge in [0.05, 0.1) is 6.54 Å². The van der Waals surface area contributed by atoms with Crippen molar-refractivity contribution in [2.45, 2.75) is 25.7 Å². The average Bonchev–Trinajstić information content (AvgIpc) is 2.30. The summed E-state index contributed by atoms with van der Waals surface area (Å²) in [4.78, 5) is 17.4. The van der Waals surface area contributed by atoms with Crippen LogP contribution in [0.4, 0.5) is 0 Å². The normalized spacial score (nSPS) is 18.2. The molecular weight excluding hydrogens is 214 g/mol. The van der Waals surface area contributed by atoms with Gasteiger partial charge in [0.15, 0.2) is 0 Å². The first kappa shape index (κ1) is 12.0. The van der Waals surface area contributed by atoms with Gasteiger partial charge in [-0.05, 0) is 44.5 Å². The van der Waals surface area contributed by atoms with E-state index >= 15 is 0 Å². The third kappa shape index (κ3) is 3.03. The standard InChI is InChI=1S/C13H19N3O/c1-10-3-2-6-15-13(10)11-4-7-16(8-5-11)9-12(14)17/h2-3,6,11H,4-5,7-9H2,1H3,(H2,14,17). The molecule has 1 aromatic rings. The maximum absolute atomic E-state index is 10.8. The SMILES string of the molecule is Cc1cccnc1C1CCN(CC(N)=O)CC1. The largest absolute Gasteiger partial charge is 0.369 e. The molecule has 0 unspecified atom stereocenters. The van der Waals surface area contributed by atoms with E-state index in [1.165, 1.54) is 11.3 Å². The predicted molar refractivity (Wildman–Crippen MR) is 66.6 cm³/mol. The fourth-order valence-electron chi connectivity index (χ4n) is 2.51. The van der Waals surface area contributed by atoms with Gasteiger partial charge >= 0.3 is 0 Å². The van der Waals surface area contributed by atoms with E-state index in [4.69, 9.17) is 5.73 Å². The van der Waals surface area contributed by atoms with E-state index in [-0.39, 0.29) is 5.91 Å². The number of likely N-dealkylation sites (tertiary alicyclic amines) is 1. The number of aryl methyl sites for hydroxylation is 1. The molecular formula is C13H19N3O. The number of nitrogens with two attached hydrogens (primary N) is 1. The second-order valence-electron chi connectivity index (χ2n) is 4.72. The van der Waals surface area contributed by atoms with Crippen molar-refractivity contribution >= 4 is 5.91 Å². The van der Waals surface area contributed by atoms with Crippen LogP contribution in [0.5, 0.6) is 0 Å². The molecule has 92 valence electrons. The first-order chi connectivity index (χ1) is 8.16. The second-order valence-corrected chi connectivity index (χ2v) is 4.72. The molecule has 1 aliphatic rings. The van der Waals surface area contributed by atoms with Gasteiger partial charge in [0.25, 0.3) is 0 Å². The summed E-state index contributed by atoms with van der Waals surface area (Å²) in [7, 11) is 0. The van der Waals surface area contributed by atoms with Crippen LogP contribution < -0.4 is 5.73 Å². The number of nitrogens with zero attached hydrogens (tertiary/aromatic N) is 2. The molecule has 0 bridgehead atoms. The fraction of sp³-hybridized carbons (Fsp3) is 0.538. The van der Waals surface area contributed by atoms with E-state index < -0.39 is 0 Å². The van der Waals surface area contributed by atoms with E-state index in [2.05, 4.69) is 22.9 Å². The van der Waals surface area contributed by atoms with Crippen LogP contribution in [0.25, 0.3) is 0 Å². The smallest absolute Gasteiger partial charge is 0.231 e. The molecule has 1 aliphatic heterocycles. The van der Waals surface area contributed by atoms with Crippen molar-refractivity contribution in [3.8, 4) is 0 Å². The third-order valence-electron chi connectivity index (χ3n) is 3.40. The van der Waals surface area contributed by atoms with Gasteiger partial charge in [0, 0.05) is 17.8 Å². The number of primary amides is 1. The lowest BCUT2D eigenvalue weighted by atomic mass is 9.91. The summed E-state index contributed by atoms with van der Waals surface area (Å²) in [5, 5.41) is 0. The Morgan fingerprint density at radius 3 is 2.82 bits per heavy atom. The monoisotopic (exact) mass is 233 g/mol. The molecule has 0 spiro atoms. The topological polar surface area (TPSA) is 59.2 Å². The van der Waals surface area contributed by atoms with Gasteiger partial charge in [-0.25, -0.2) is 0 Å². The van der Waals surface area contributed by atoms with Crippen molar-refractivity contribution in [1.82, 2.24) is 9.88 Å². The van der Waals surface area contributed by atoms with Gasteiger partial charge < -0.3 is 5.73 Å². The Hall–Kier alpha value is -1.42. The number of pyridine rings is 1. The van der Waals surface area contributed by atoms with E-state index in [9.17, 15) is 4.79 Å². The molecule has 4 heteroatoms. The summed E-state index contributed by atoms with van der Waals surface area (Å²) in [6, 6.07) is 4.08. The highest BCUT2D eigenvalue weighted by Crippen LogP contribution is 2.28. The summed E-state index contributed by atoms with van der Waals surface area (Å²) in [5.41, 5.74) is 7.68. The molecule has 0 atom stereocenters. The lowest BCUT2D eigenvalue weighted by molar-refractivity contribution is -0.119. The van der Waals surface area contributed by atoms with Gasteiger partial charge in [0.1, 0.15) is 0 Å². The molecule has 2 heterocycles. The van der Waals surface area contributed by atoms with E-state index in [1.807, 2.05) is 12.3 Å². The molecule has 4 nitrogen and oxygen atoms in total. The van der Waals surface area contributed by atoms with Crippen LogP contribution in [-0.2, 0) is 4.79 Å². The Balaban J connectivity index is 1.95. The Morgan fingerprint density at radius 1 is 1.53 bits per heavy atom. The highest BCUT2D eigenvalue weighted by molar-refractivity contribution is 5.75. The second kappa shape index (κ2) is 5.27. The summed E-state index contributed by atoms with van der Waals surface area (Å²) in [6.07, 6.45) is 3.98. The number of hydrogen-bond acceptors (Lipinski definition) is 3. The number of hydrogen-bond donors (Lipinski definition) is 1. The van der Waals surface area contributed by atoms with Crippen LogP contribution in [0.1, 0.15) is 30.0 Å². The predicted octanol–water partition coefficient (Wildman–Crippen LogP) is 1.05. The summed E-state index contributed by atoms with van der Waals surface area (Å²) < 4.78 is 0. The summed E-state index contributed by atoms with van der Waals surface area (Å²) in [6.45, 7) is 4.36. The summed E-state index contributed by atoms with van der Waals surface area (Å²) >= 11 is 0. The Morgan fingerprint density at radius 2 is 2.24 bits per heavy atom. The molecule has 2 rings (SSSR count). The van der Waals surface area contributed by atoms with Gasteiger partial charge in [-0.2, -0.15) is 0 Å². The van der Waals surface area contributed by atoms with E-state index in [0.717, 1.165) is 25.9 Å². The molecule has 2 N–H and O–H groups in total. The number of carbonyl (C=O) groups is 1. The van der Waals surface area contributed by atoms with Crippen LogP contribution in [0.2, 0.25) is 0 Å². The van der Waals surface area contributed by atoms with Crippen molar-refractivity contribution in [2.24, 2.45) is 5.73 Å². The first-order valence-corrected chi connectivity index (χ1v) is 6.09. The molecule has 1 aromatic heterocycles. The van der Waals surface area contributed by atoms with Crippen LogP contribution in [-0.4, -0.2) is 35.4 Å². The van der Waals surface area contributed by atoms with E-state index in [1.54, 1.807) is 0 Å². The molecule has 0 aliphatic carbocycles. The average molecular weight is 233 g/mol. The van der Waals surface area contributed by atoms with Crippen LogP contribution in [0.15, 0.2) is 18.3 Å². The highest BCUT2D eigenvalue weighted by atomic mass is 16.1. The Kier molecular flexibility index (Phi) is 3.74. The van der Waals surface area contributed by atoms with Crippen molar-refractivity contribution < 1.29 is 4.79 Å². The maximum Gasteiger partial charge on any atom is 0.231 e. The molecule has 0 aromatic carbocycles. The molecule has 0 saturated carbocycles. The minimum atomic E-state index is -0.238. The molecule has 1 amide bonds. The zero-order valence-corrected chi connectivity index (χ0v) is 10.2. The molecule has 17 heavy (non-hydrogen) atoms. The third-order valence-corrected chi connectivity index (χ3v) is 3.40. The van der Waals surface area contributed by atoms with Crippen molar-refractivity contribution in [2.75, 3.05) is 19.6 Å². The zero-order valence-electron chi connectivity index (χ0n) is 10.2. The first-order valence-electron chi connectivity index (χ1n) is 6.09. The van der Waals surface area contributed by atoms with Crippen molar-refractivity contribution in [3.05, 3.63) is 29.6 Å². The van der Waals surface area contributed by atoms with E-state index in [0.29, 0.717) is 12.5 Å². The zero-order chi connectivity index (χ0) is 12.3. The van der Waals surface area contributed by atoms with Crippen LogP contribution in [0.3, 0.4) is 0 Å². The van der Waals surface area contributed by atoms with Crippen LogP contribution in [0, 0.1) is 6.92 Å². The van der Waals surface area contributed by atoms with Gasteiger partial charge in [-0.3, -0.25) is 14.7 Å². The summed E-state index contributed by atoms with van der Waals surface area (Å²) in [5.74, 6) is 0.290. The number of piperidine rings is 1. The Labute approximate surface area is 102 Å². The number of amides is 1. The maximum atomic E-state index is 10.8. The van der Waals surface area contributed by atoms with Gasteiger partial charge in [0.2, 0.25) is 5.91 Å². The lowest BCUT2D eigenvalue weighted by Crippen LogP contribution is -2.39. The minimum Gasteiger partial charge on any atom is -0.369 e. The van der Waals surface area contributed by atoms with Crippen molar-refractivity contribution in [3.63, 3.8) is 0 Å². The molecule has 1 saturated heterocycles. The number of rotatable bonds is 3. The van der Waals surface area contributed by atoms with Gasteiger partial charge in [-0.15, -0.1) is 0 Å².